The first-order valence-electron chi connectivity index (χ1n) is 10.2. The monoisotopic (exact) mass is 502 g/mol. The molecule has 4 rings (SSSR count). The van der Waals surface area contributed by atoms with E-state index in [0.29, 0.717) is 27.7 Å². The zero-order valence-corrected chi connectivity index (χ0v) is 20.2. The van der Waals surface area contributed by atoms with Crippen molar-refractivity contribution in [2.45, 2.75) is 55.7 Å². The van der Waals surface area contributed by atoms with Gasteiger partial charge in [-0.1, -0.05) is 18.0 Å². The van der Waals surface area contributed by atoms with Crippen LogP contribution in [0.25, 0.3) is 0 Å². The lowest BCUT2D eigenvalue weighted by Crippen LogP contribution is -2.49. The summed E-state index contributed by atoms with van der Waals surface area (Å²) in [4.78, 5) is 26.9. The van der Waals surface area contributed by atoms with Crippen LogP contribution >= 0.6 is 34.3 Å². The highest BCUT2D eigenvalue weighted by molar-refractivity contribution is 7.91. The first-order valence-corrected chi connectivity index (χ1v) is 13.7. The third-order valence-electron chi connectivity index (χ3n) is 5.51. The van der Waals surface area contributed by atoms with E-state index in [2.05, 4.69) is 5.32 Å². The minimum absolute atomic E-state index is 0.125. The number of thiophene rings is 2. The molecular formula is C20H23ClN2O5S3. The van der Waals surface area contributed by atoms with E-state index in [9.17, 15) is 18.0 Å². The van der Waals surface area contributed by atoms with Crippen molar-refractivity contribution in [3.05, 3.63) is 32.5 Å². The van der Waals surface area contributed by atoms with Crippen LogP contribution in [-0.2, 0) is 32.4 Å². The molecule has 1 unspecified atom stereocenters. The van der Waals surface area contributed by atoms with Crippen LogP contribution in [0.3, 0.4) is 0 Å². The Morgan fingerprint density at radius 3 is 2.74 bits per heavy atom. The van der Waals surface area contributed by atoms with Gasteiger partial charge in [0.15, 0.2) is 0 Å². The Labute approximate surface area is 194 Å². The van der Waals surface area contributed by atoms with Gasteiger partial charge >= 0.3 is 5.97 Å². The molecule has 0 saturated carbocycles. The number of amides is 1. The fraction of sp³-hybridized carbons (Fsp3) is 0.500. The molecule has 2 aliphatic rings. The predicted molar refractivity (Wildman–Crippen MR) is 122 cm³/mol. The Bertz CT molecular complexity index is 1110. The van der Waals surface area contributed by atoms with E-state index < -0.39 is 27.9 Å². The lowest BCUT2D eigenvalue weighted by atomic mass is 10.0. The van der Waals surface area contributed by atoms with Crippen molar-refractivity contribution >= 4 is 61.2 Å². The standard InChI is InChI=1S/C20H23ClN2O5S3/c1-2-28-20(25)17-12-6-5-8-14(12)29-19(17)22-18(24)13-7-3-4-11-23(13)31(26,27)16-10-9-15(21)30-16/h9-10,13H,2-8,11H2,1H3,(H,22,24). The number of halogens is 1. The highest BCUT2D eigenvalue weighted by atomic mass is 35.5. The van der Waals surface area contributed by atoms with Crippen LogP contribution < -0.4 is 5.32 Å². The van der Waals surface area contributed by atoms with Gasteiger partial charge in [-0.25, -0.2) is 13.2 Å². The summed E-state index contributed by atoms with van der Waals surface area (Å²) in [5.41, 5.74) is 1.36. The third-order valence-corrected chi connectivity index (χ3v) is 10.3. The zero-order chi connectivity index (χ0) is 22.2. The number of carbonyl (C=O) groups excluding carboxylic acids is 2. The quantitative estimate of drug-likeness (QED) is 0.594. The smallest absolute Gasteiger partial charge is 0.341 e. The van der Waals surface area contributed by atoms with E-state index in [1.54, 1.807) is 6.92 Å². The summed E-state index contributed by atoms with van der Waals surface area (Å²) in [5, 5.41) is 3.31. The molecule has 1 amide bonds. The highest BCUT2D eigenvalue weighted by Crippen LogP contribution is 2.40. The Balaban J connectivity index is 1.61. The van der Waals surface area contributed by atoms with Gasteiger partial charge in [0.1, 0.15) is 15.3 Å². The molecule has 2 aromatic rings. The van der Waals surface area contributed by atoms with E-state index in [4.69, 9.17) is 16.3 Å². The number of anilines is 1. The molecule has 1 saturated heterocycles. The number of esters is 1. The molecule has 1 atom stereocenters. The summed E-state index contributed by atoms with van der Waals surface area (Å²) in [5.74, 6) is -0.866. The molecule has 1 N–H and O–H groups in total. The SMILES string of the molecule is CCOC(=O)c1c(NC(=O)C2CCCCN2S(=O)(=O)c2ccc(Cl)s2)sc2c1CCC2. The fourth-order valence-corrected chi connectivity index (χ4v) is 8.66. The molecule has 11 heteroatoms. The van der Waals surface area contributed by atoms with Crippen LogP contribution in [0.2, 0.25) is 4.34 Å². The number of hydrogen-bond donors (Lipinski definition) is 1. The minimum Gasteiger partial charge on any atom is -0.462 e. The molecule has 31 heavy (non-hydrogen) atoms. The summed E-state index contributed by atoms with van der Waals surface area (Å²) >= 11 is 8.30. The maximum absolute atomic E-state index is 13.2. The normalized spacial score (nSPS) is 19.2. The van der Waals surface area contributed by atoms with Gasteiger partial charge < -0.3 is 10.1 Å². The van der Waals surface area contributed by atoms with Crippen LogP contribution in [-0.4, -0.2) is 43.8 Å². The summed E-state index contributed by atoms with van der Waals surface area (Å²) in [7, 11) is -3.84. The van der Waals surface area contributed by atoms with Gasteiger partial charge in [0, 0.05) is 11.4 Å². The molecule has 0 radical (unpaired) electrons. The zero-order valence-electron chi connectivity index (χ0n) is 17.0. The summed E-state index contributed by atoms with van der Waals surface area (Å²) < 4.78 is 33.3. The molecular weight excluding hydrogens is 480 g/mol. The van der Waals surface area contributed by atoms with Crippen molar-refractivity contribution in [3.8, 4) is 0 Å². The molecule has 3 heterocycles. The molecule has 1 fully saturated rings. The van der Waals surface area contributed by atoms with Crippen molar-refractivity contribution < 1.29 is 22.7 Å². The topological polar surface area (TPSA) is 92.8 Å². The van der Waals surface area contributed by atoms with Gasteiger partial charge in [-0.3, -0.25) is 4.79 Å². The average Bonchev–Trinajstić information content (AvgIpc) is 3.44. The van der Waals surface area contributed by atoms with Crippen LogP contribution in [0.1, 0.15) is 53.4 Å². The molecule has 7 nitrogen and oxygen atoms in total. The van der Waals surface area contributed by atoms with Crippen LogP contribution in [0.5, 0.6) is 0 Å². The Hall–Kier alpha value is -1.46. The molecule has 168 valence electrons. The van der Waals surface area contributed by atoms with Crippen molar-refractivity contribution in [1.29, 1.82) is 0 Å². The Kier molecular flexibility index (Phi) is 6.73. The van der Waals surface area contributed by atoms with E-state index in [0.717, 1.165) is 47.5 Å². The van der Waals surface area contributed by atoms with Crippen molar-refractivity contribution in [2.24, 2.45) is 0 Å². The number of rotatable bonds is 6. The van der Waals surface area contributed by atoms with Crippen molar-refractivity contribution in [3.63, 3.8) is 0 Å². The molecule has 0 bridgehead atoms. The number of ether oxygens (including phenoxy) is 1. The molecule has 1 aliphatic heterocycles. The van der Waals surface area contributed by atoms with Gasteiger partial charge in [-0.15, -0.1) is 22.7 Å². The van der Waals surface area contributed by atoms with E-state index in [-0.39, 0.29) is 17.4 Å². The number of fused-ring (bicyclic) bond motifs is 1. The number of nitrogens with one attached hydrogen (secondary N) is 1. The summed E-state index contributed by atoms with van der Waals surface area (Å²) in [6, 6.07) is 2.16. The number of sulfonamides is 1. The largest absolute Gasteiger partial charge is 0.462 e. The van der Waals surface area contributed by atoms with E-state index >= 15 is 0 Å². The van der Waals surface area contributed by atoms with Crippen LogP contribution in [0.15, 0.2) is 16.3 Å². The van der Waals surface area contributed by atoms with Gasteiger partial charge in [0.05, 0.1) is 16.5 Å². The lowest BCUT2D eigenvalue weighted by Gasteiger charge is -2.33. The van der Waals surface area contributed by atoms with Gasteiger partial charge in [-0.2, -0.15) is 4.31 Å². The Morgan fingerprint density at radius 2 is 2.03 bits per heavy atom. The summed E-state index contributed by atoms with van der Waals surface area (Å²) in [6.07, 6.45) is 4.47. The van der Waals surface area contributed by atoms with E-state index in [1.165, 1.54) is 27.8 Å². The number of nitrogens with zero attached hydrogens (tertiary/aromatic N) is 1. The number of carbonyl (C=O) groups is 2. The number of piperidine rings is 1. The maximum atomic E-state index is 13.2. The number of hydrogen-bond acceptors (Lipinski definition) is 7. The van der Waals surface area contributed by atoms with Gasteiger partial charge in [0.25, 0.3) is 10.0 Å². The van der Waals surface area contributed by atoms with Crippen LogP contribution in [0.4, 0.5) is 5.00 Å². The predicted octanol–water partition coefficient (Wildman–Crippen LogP) is 4.31. The second kappa shape index (κ2) is 9.19. The third kappa shape index (κ3) is 4.41. The van der Waals surface area contributed by atoms with Crippen LogP contribution in [0, 0.1) is 0 Å². The number of aryl methyl sites for hydroxylation is 1. The summed E-state index contributed by atoms with van der Waals surface area (Å²) in [6.45, 7) is 2.25. The van der Waals surface area contributed by atoms with Gasteiger partial charge in [-0.05, 0) is 56.7 Å². The first kappa shape index (κ1) is 22.7. The fourth-order valence-electron chi connectivity index (χ4n) is 4.11. The lowest BCUT2D eigenvalue weighted by molar-refractivity contribution is -0.120. The second-order valence-electron chi connectivity index (χ2n) is 7.46. The van der Waals surface area contributed by atoms with Crippen molar-refractivity contribution in [2.75, 3.05) is 18.5 Å². The van der Waals surface area contributed by atoms with E-state index in [1.807, 2.05) is 0 Å². The van der Waals surface area contributed by atoms with Gasteiger partial charge in [0.2, 0.25) is 5.91 Å². The second-order valence-corrected chi connectivity index (χ2v) is 12.4. The molecule has 1 aliphatic carbocycles. The van der Waals surface area contributed by atoms with Crippen molar-refractivity contribution in [1.82, 2.24) is 4.31 Å². The minimum atomic E-state index is -3.84. The molecule has 0 aromatic carbocycles. The highest BCUT2D eigenvalue weighted by Gasteiger charge is 2.39. The molecule has 2 aromatic heterocycles. The maximum Gasteiger partial charge on any atom is 0.341 e. The Morgan fingerprint density at radius 1 is 1.23 bits per heavy atom. The first-order chi connectivity index (χ1) is 14.8. The molecule has 0 spiro atoms. The average molecular weight is 503 g/mol.